The predicted molar refractivity (Wildman–Crippen MR) is 124 cm³/mol. The molecule has 9 heteroatoms. The molecule has 0 atom stereocenters. The van der Waals surface area contributed by atoms with Crippen LogP contribution >= 0.6 is 11.3 Å². The highest BCUT2D eigenvalue weighted by Crippen LogP contribution is 2.27. The molecule has 4 rings (SSSR count). The molecule has 0 aliphatic carbocycles. The first-order chi connectivity index (χ1) is 15.5. The average Bonchev–Trinajstić information content (AvgIpc) is 3.28. The molecule has 32 heavy (non-hydrogen) atoms. The van der Waals surface area contributed by atoms with Gasteiger partial charge in [0.2, 0.25) is 0 Å². The minimum atomic E-state index is -0.484. The molecule has 1 aliphatic heterocycles. The number of nitrogens with one attached hydrogen (secondary N) is 1. The largest absolute Gasteiger partial charge is 0.378 e. The van der Waals surface area contributed by atoms with Gasteiger partial charge in [-0.05, 0) is 13.0 Å². The lowest BCUT2D eigenvalue weighted by atomic mass is 10.1. The van der Waals surface area contributed by atoms with E-state index in [0.29, 0.717) is 50.5 Å². The summed E-state index contributed by atoms with van der Waals surface area (Å²) in [6, 6.07) is 12.6. The van der Waals surface area contributed by atoms with Crippen LogP contribution in [0, 0.1) is 17.0 Å². The minimum absolute atomic E-state index is 0.102. The Bertz CT molecular complexity index is 1110. The Balaban J connectivity index is 1.43. The van der Waals surface area contributed by atoms with Crippen molar-refractivity contribution >= 4 is 28.6 Å². The second-order valence-electron chi connectivity index (χ2n) is 7.57. The number of morpholine rings is 1. The number of carbonyl (C=O) groups excluding carboxylic acids is 1. The van der Waals surface area contributed by atoms with Crippen molar-refractivity contribution in [3.63, 3.8) is 0 Å². The highest BCUT2D eigenvalue weighted by atomic mass is 32.1. The third-order valence-corrected chi connectivity index (χ3v) is 6.24. The summed E-state index contributed by atoms with van der Waals surface area (Å²) < 4.78 is 5.38. The molecule has 1 aliphatic rings. The van der Waals surface area contributed by atoms with E-state index in [1.807, 2.05) is 17.2 Å². The van der Waals surface area contributed by atoms with Crippen molar-refractivity contribution in [1.82, 2.24) is 10.3 Å². The summed E-state index contributed by atoms with van der Waals surface area (Å²) in [4.78, 5) is 30.4. The summed E-state index contributed by atoms with van der Waals surface area (Å²) in [5.74, 6) is -0.329. The number of benzene rings is 2. The molecule has 0 unspecified atom stereocenters. The number of hydrogen-bond acceptors (Lipinski definition) is 7. The van der Waals surface area contributed by atoms with Gasteiger partial charge in [-0.15, -0.1) is 11.3 Å². The van der Waals surface area contributed by atoms with Crippen molar-refractivity contribution in [3.8, 4) is 10.6 Å². The van der Waals surface area contributed by atoms with Crippen LogP contribution in [0.2, 0.25) is 0 Å². The van der Waals surface area contributed by atoms with Crippen molar-refractivity contribution in [2.45, 2.75) is 13.3 Å². The molecule has 0 radical (unpaired) electrons. The number of nitro benzene ring substituents is 1. The van der Waals surface area contributed by atoms with E-state index >= 15 is 0 Å². The van der Waals surface area contributed by atoms with E-state index in [1.165, 1.54) is 17.7 Å². The van der Waals surface area contributed by atoms with E-state index < -0.39 is 4.92 Å². The molecule has 2 aromatic carbocycles. The summed E-state index contributed by atoms with van der Waals surface area (Å²) in [6.45, 7) is 4.83. The molecule has 1 fully saturated rings. The number of ether oxygens (including phenoxy) is 1. The Hall–Kier alpha value is -3.30. The van der Waals surface area contributed by atoms with E-state index in [2.05, 4.69) is 34.6 Å². The number of carbonyl (C=O) groups is 1. The highest BCUT2D eigenvalue weighted by Gasteiger charge is 2.22. The van der Waals surface area contributed by atoms with Crippen molar-refractivity contribution < 1.29 is 14.5 Å². The van der Waals surface area contributed by atoms with Gasteiger partial charge in [-0.2, -0.15) is 0 Å². The number of aryl methyl sites for hydroxylation is 1. The van der Waals surface area contributed by atoms with Gasteiger partial charge in [0.1, 0.15) is 5.01 Å². The van der Waals surface area contributed by atoms with E-state index in [9.17, 15) is 14.9 Å². The Morgan fingerprint density at radius 2 is 1.97 bits per heavy atom. The lowest BCUT2D eigenvalue weighted by Crippen LogP contribution is -2.38. The first-order valence-corrected chi connectivity index (χ1v) is 11.3. The Labute approximate surface area is 190 Å². The number of hydrogen-bond donors (Lipinski definition) is 1. The molecule has 2 heterocycles. The first kappa shape index (κ1) is 21.9. The van der Waals surface area contributed by atoms with Gasteiger partial charge in [0, 0.05) is 49.1 Å². The van der Waals surface area contributed by atoms with Crippen molar-refractivity contribution in [3.05, 3.63) is 74.8 Å². The summed E-state index contributed by atoms with van der Waals surface area (Å²) in [5.41, 5.74) is 4.06. The van der Waals surface area contributed by atoms with Gasteiger partial charge in [-0.25, -0.2) is 4.98 Å². The zero-order valence-electron chi connectivity index (χ0n) is 17.7. The van der Waals surface area contributed by atoms with Crippen LogP contribution in [0.3, 0.4) is 0 Å². The second-order valence-corrected chi connectivity index (χ2v) is 8.43. The van der Waals surface area contributed by atoms with Crippen LogP contribution in [0.5, 0.6) is 0 Å². The SMILES string of the molecule is Cc1ccc(-c2nc(CCNC(=O)c3cc([N+](=O)[O-])ccc3N3CCOCC3)cs2)cc1. The first-order valence-electron chi connectivity index (χ1n) is 10.4. The highest BCUT2D eigenvalue weighted by molar-refractivity contribution is 7.13. The number of rotatable bonds is 7. The van der Waals surface area contributed by atoms with Crippen molar-refractivity contribution in [2.75, 3.05) is 37.7 Å². The van der Waals surface area contributed by atoms with E-state index in [0.717, 1.165) is 16.3 Å². The summed E-state index contributed by atoms with van der Waals surface area (Å²) in [5, 5.41) is 17.1. The fourth-order valence-electron chi connectivity index (χ4n) is 3.55. The molecule has 1 aromatic heterocycles. The Kier molecular flexibility index (Phi) is 6.77. The van der Waals surface area contributed by atoms with Gasteiger partial charge in [0.25, 0.3) is 11.6 Å². The van der Waals surface area contributed by atoms with E-state index in [4.69, 9.17) is 4.74 Å². The lowest BCUT2D eigenvalue weighted by Gasteiger charge is -2.30. The summed E-state index contributed by atoms with van der Waals surface area (Å²) in [6.07, 6.45) is 0.579. The smallest absolute Gasteiger partial charge is 0.270 e. The number of amides is 1. The fourth-order valence-corrected chi connectivity index (χ4v) is 4.41. The van der Waals surface area contributed by atoms with E-state index in [1.54, 1.807) is 17.4 Å². The van der Waals surface area contributed by atoms with Crippen molar-refractivity contribution in [2.24, 2.45) is 0 Å². The van der Waals surface area contributed by atoms with Gasteiger partial charge in [0.15, 0.2) is 0 Å². The van der Waals surface area contributed by atoms with Gasteiger partial charge in [-0.1, -0.05) is 29.8 Å². The summed E-state index contributed by atoms with van der Waals surface area (Å²) >= 11 is 1.57. The van der Waals surface area contributed by atoms with Crippen LogP contribution in [-0.4, -0.2) is 48.7 Å². The normalized spacial score (nSPS) is 13.7. The van der Waals surface area contributed by atoms with Gasteiger partial charge < -0.3 is 15.0 Å². The predicted octanol–water partition coefficient (Wildman–Crippen LogP) is 3.84. The quantitative estimate of drug-likeness (QED) is 0.432. The third kappa shape index (κ3) is 5.12. The number of anilines is 1. The van der Waals surface area contributed by atoms with Crippen LogP contribution in [-0.2, 0) is 11.2 Å². The molecule has 1 amide bonds. The molecular formula is C23H24N4O4S. The molecule has 0 bridgehead atoms. The van der Waals surface area contributed by atoms with Crippen LogP contribution in [0.4, 0.5) is 11.4 Å². The van der Waals surface area contributed by atoms with E-state index in [-0.39, 0.29) is 11.6 Å². The third-order valence-electron chi connectivity index (χ3n) is 5.30. The standard InChI is InChI=1S/C23H24N4O4S/c1-16-2-4-17(5-3-16)23-25-18(15-32-23)8-9-24-22(28)20-14-19(27(29)30)6-7-21(20)26-10-12-31-13-11-26/h2-7,14-15H,8-13H2,1H3,(H,24,28). The molecule has 3 aromatic rings. The number of thiazole rings is 1. The number of non-ortho nitro benzene ring substituents is 1. The Morgan fingerprint density at radius 3 is 2.69 bits per heavy atom. The zero-order chi connectivity index (χ0) is 22.5. The molecule has 8 nitrogen and oxygen atoms in total. The topological polar surface area (TPSA) is 97.6 Å². The molecular weight excluding hydrogens is 428 g/mol. The zero-order valence-corrected chi connectivity index (χ0v) is 18.6. The number of nitro groups is 1. The Morgan fingerprint density at radius 1 is 1.22 bits per heavy atom. The molecule has 0 spiro atoms. The van der Waals surface area contributed by atoms with Crippen LogP contribution < -0.4 is 10.2 Å². The maximum atomic E-state index is 12.9. The molecule has 1 N–H and O–H groups in total. The van der Waals surface area contributed by atoms with Gasteiger partial charge in [-0.3, -0.25) is 14.9 Å². The fraction of sp³-hybridized carbons (Fsp3) is 0.304. The second kappa shape index (κ2) is 9.88. The maximum absolute atomic E-state index is 12.9. The number of aromatic nitrogens is 1. The van der Waals surface area contributed by atoms with Crippen molar-refractivity contribution in [1.29, 1.82) is 0 Å². The monoisotopic (exact) mass is 452 g/mol. The molecule has 166 valence electrons. The maximum Gasteiger partial charge on any atom is 0.270 e. The molecule has 0 saturated carbocycles. The average molecular weight is 453 g/mol. The van der Waals surface area contributed by atoms with Crippen LogP contribution in [0.1, 0.15) is 21.6 Å². The van der Waals surface area contributed by atoms with Gasteiger partial charge >= 0.3 is 0 Å². The lowest BCUT2D eigenvalue weighted by molar-refractivity contribution is -0.384. The van der Waals surface area contributed by atoms with Gasteiger partial charge in [0.05, 0.1) is 35.1 Å². The van der Waals surface area contributed by atoms with Crippen LogP contribution in [0.25, 0.3) is 10.6 Å². The summed E-state index contributed by atoms with van der Waals surface area (Å²) in [7, 11) is 0. The number of nitrogens with zero attached hydrogens (tertiary/aromatic N) is 3. The van der Waals surface area contributed by atoms with Crippen LogP contribution in [0.15, 0.2) is 47.8 Å². The minimum Gasteiger partial charge on any atom is -0.378 e. The molecule has 1 saturated heterocycles.